The number of benzene rings is 1. The Bertz CT molecular complexity index is 314. The van der Waals surface area contributed by atoms with Gasteiger partial charge in [-0.15, -0.1) is 0 Å². The van der Waals surface area contributed by atoms with Gasteiger partial charge in [-0.2, -0.15) is 0 Å². The molecular formula is C12H15Cl2N. The van der Waals surface area contributed by atoms with Crippen LogP contribution in [0.3, 0.4) is 0 Å². The van der Waals surface area contributed by atoms with Gasteiger partial charge in [0, 0.05) is 16.6 Å². The van der Waals surface area contributed by atoms with Crippen molar-refractivity contribution in [2.24, 2.45) is 0 Å². The summed E-state index contributed by atoms with van der Waals surface area (Å²) in [5.74, 6) is 0. The average molecular weight is 244 g/mol. The fraction of sp³-hybridized carbons (Fsp3) is 0.333. The van der Waals surface area contributed by atoms with E-state index in [0.29, 0.717) is 10.0 Å². The van der Waals surface area contributed by atoms with Gasteiger partial charge in [0.15, 0.2) is 0 Å². The Morgan fingerprint density at radius 3 is 2.47 bits per heavy atom. The predicted molar refractivity (Wildman–Crippen MR) is 68.7 cm³/mol. The minimum atomic E-state index is 0.670. The molecule has 0 saturated carbocycles. The average Bonchev–Trinajstić information content (AvgIpc) is 2.16. The van der Waals surface area contributed by atoms with Gasteiger partial charge in [-0.3, -0.25) is 0 Å². The summed E-state index contributed by atoms with van der Waals surface area (Å²) in [7, 11) is 0. The van der Waals surface area contributed by atoms with Gasteiger partial charge in [-0.1, -0.05) is 42.3 Å². The van der Waals surface area contributed by atoms with E-state index in [2.05, 4.69) is 18.3 Å². The van der Waals surface area contributed by atoms with Crippen LogP contribution >= 0.6 is 23.2 Å². The summed E-state index contributed by atoms with van der Waals surface area (Å²) >= 11 is 11.8. The first-order valence-corrected chi connectivity index (χ1v) is 5.81. The smallest absolute Gasteiger partial charge is 0.0426 e. The number of hydrogen-bond acceptors (Lipinski definition) is 1. The fourth-order valence-electron chi connectivity index (χ4n) is 1.23. The molecule has 1 aromatic carbocycles. The van der Waals surface area contributed by atoms with Crippen molar-refractivity contribution in [3.8, 4) is 0 Å². The molecule has 1 nitrogen and oxygen atoms in total. The second-order valence-corrected chi connectivity index (χ2v) is 4.18. The molecule has 0 aromatic heterocycles. The maximum Gasteiger partial charge on any atom is 0.0426 e. The van der Waals surface area contributed by atoms with E-state index in [1.165, 1.54) is 0 Å². The number of nitrogens with one attached hydrogen (secondary N) is 1. The molecule has 82 valence electrons. The molecule has 1 aromatic rings. The predicted octanol–water partition coefficient (Wildman–Crippen LogP) is 4.01. The summed E-state index contributed by atoms with van der Waals surface area (Å²) in [5.41, 5.74) is 1.03. The second kappa shape index (κ2) is 6.89. The lowest BCUT2D eigenvalue weighted by atomic mass is 10.2. The summed E-state index contributed by atoms with van der Waals surface area (Å²) in [5, 5.41) is 4.62. The van der Waals surface area contributed by atoms with E-state index < -0.39 is 0 Å². The van der Waals surface area contributed by atoms with Gasteiger partial charge in [-0.25, -0.2) is 0 Å². The number of halogens is 2. The van der Waals surface area contributed by atoms with Crippen LogP contribution in [-0.4, -0.2) is 13.1 Å². The molecule has 0 saturated heterocycles. The maximum absolute atomic E-state index is 5.88. The summed E-state index contributed by atoms with van der Waals surface area (Å²) in [6.45, 7) is 4.06. The van der Waals surface area contributed by atoms with Gasteiger partial charge in [0.25, 0.3) is 0 Å². The van der Waals surface area contributed by atoms with Crippen LogP contribution < -0.4 is 5.32 Å². The summed E-state index contributed by atoms with van der Waals surface area (Å²) in [4.78, 5) is 0. The molecule has 3 heteroatoms. The van der Waals surface area contributed by atoms with E-state index in [9.17, 15) is 0 Å². The molecule has 0 fully saturated rings. The van der Waals surface area contributed by atoms with Crippen molar-refractivity contribution in [3.05, 3.63) is 39.9 Å². The molecule has 0 amide bonds. The van der Waals surface area contributed by atoms with Crippen molar-refractivity contribution in [1.29, 1.82) is 0 Å². The Morgan fingerprint density at radius 2 is 1.87 bits per heavy atom. The molecule has 0 atom stereocenters. The summed E-state index contributed by atoms with van der Waals surface area (Å²) in [6, 6.07) is 5.52. The molecule has 15 heavy (non-hydrogen) atoms. The van der Waals surface area contributed by atoms with Crippen LogP contribution in [0.25, 0.3) is 6.08 Å². The third-order valence-corrected chi connectivity index (χ3v) is 2.32. The van der Waals surface area contributed by atoms with Gasteiger partial charge < -0.3 is 5.32 Å². The van der Waals surface area contributed by atoms with E-state index in [1.807, 2.05) is 18.2 Å². The molecule has 0 radical (unpaired) electrons. The van der Waals surface area contributed by atoms with Gasteiger partial charge in [0.1, 0.15) is 0 Å². The lowest BCUT2D eigenvalue weighted by Gasteiger charge is -1.98. The largest absolute Gasteiger partial charge is 0.313 e. The Kier molecular flexibility index (Phi) is 5.77. The number of rotatable bonds is 5. The topological polar surface area (TPSA) is 12.0 Å². The molecule has 0 spiro atoms. The van der Waals surface area contributed by atoms with Crippen LogP contribution in [0, 0.1) is 0 Å². The maximum atomic E-state index is 5.88. The van der Waals surface area contributed by atoms with Crippen LogP contribution in [0.15, 0.2) is 24.3 Å². The zero-order valence-corrected chi connectivity index (χ0v) is 10.3. The highest BCUT2D eigenvalue weighted by Crippen LogP contribution is 2.19. The van der Waals surface area contributed by atoms with Crippen LogP contribution in [0.5, 0.6) is 0 Å². The Hall–Kier alpha value is -0.500. The van der Waals surface area contributed by atoms with Crippen LogP contribution in [-0.2, 0) is 0 Å². The standard InChI is InChI=1S/C12H15Cl2N/c1-2-5-15-6-3-4-10-7-11(13)9-12(14)8-10/h3-4,7-9,15H,2,5-6H2,1H3. The zero-order valence-electron chi connectivity index (χ0n) is 8.76. The lowest BCUT2D eigenvalue weighted by molar-refractivity contribution is 0.730. The molecule has 0 heterocycles. The van der Waals surface area contributed by atoms with Gasteiger partial charge in [0.2, 0.25) is 0 Å². The van der Waals surface area contributed by atoms with Gasteiger partial charge in [0.05, 0.1) is 0 Å². The van der Waals surface area contributed by atoms with Crippen molar-refractivity contribution in [1.82, 2.24) is 5.32 Å². The SMILES string of the molecule is CCCNCC=Cc1cc(Cl)cc(Cl)c1. The first-order chi connectivity index (χ1) is 7.22. The zero-order chi connectivity index (χ0) is 11.1. The van der Waals surface area contributed by atoms with E-state index in [-0.39, 0.29) is 0 Å². The fourth-order valence-corrected chi connectivity index (χ4v) is 1.77. The van der Waals surface area contributed by atoms with Crippen molar-refractivity contribution in [3.63, 3.8) is 0 Å². The minimum absolute atomic E-state index is 0.670. The van der Waals surface area contributed by atoms with Crippen molar-refractivity contribution >= 4 is 29.3 Å². The summed E-state index contributed by atoms with van der Waals surface area (Å²) in [6.07, 6.45) is 5.23. The molecule has 1 rings (SSSR count). The highest BCUT2D eigenvalue weighted by Gasteiger charge is 1.94. The monoisotopic (exact) mass is 243 g/mol. The van der Waals surface area contributed by atoms with Gasteiger partial charge in [-0.05, 0) is 36.7 Å². The van der Waals surface area contributed by atoms with Crippen LogP contribution in [0.1, 0.15) is 18.9 Å². The first-order valence-electron chi connectivity index (χ1n) is 5.05. The van der Waals surface area contributed by atoms with E-state index >= 15 is 0 Å². The van der Waals surface area contributed by atoms with Crippen molar-refractivity contribution in [2.75, 3.05) is 13.1 Å². The molecule has 0 aliphatic rings. The second-order valence-electron chi connectivity index (χ2n) is 3.31. The van der Waals surface area contributed by atoms with E-state index in [0.717, 1.165) is 25.1 Å². The van der Waals surface area contributed by atoms with E-state index in [4.69, 9.17) is 23.2 Å². The van der Waals surface area contributed by atoms with Gasteiger partial charge >= 0.3 is 0 Å². The molecule has 0 aliphatic heterocycles. The molecule has 1 N–H and O–H groups in total. The molecule has 0 unspecified atom stereocenters. The normalized spacial score (nSPS) is 11.1. The lowest BCUT2D eigenvalue weighted by Crippen LogP contribution is -2.13. The quantitative estimate of drug-likeness (QED) is 0.772. The van der Waals surface area contributed by atoms with E-state index in [1.54, 1.807) is 6.07 Å². The minimum Gasteiger partial charge on any atom is -0.313 e. The van der Waals surface area contributed by atoms with Crippen molar-refractivity contribution < 1.29 is 0 Å². The third-order valence-electron chi connectivity index (χ3n) is 1.88. The molecular weight excluding hydrogens is 229 g/mol. The molecule has 0 bridgehead atoms. The summed E-state index contributed by atoms with van der Waals surface area (Å²) < 4.78 is 0. The Balaban J connectivity index is 2.49. The Labute approximate surface area is 101 Å². The molecule has 0 aliphatic carbocycles. The van der Waals surface area contributed by atoms with Crippen LogP contribution in [0.4, 0.5) is 0 Å². The number of hydrogen-bond donors (Lipinski definition) is 1. The Morgan fingerprint density at radius 1 is 1.20 bits per heavy atom. The van der Waals surface area contributed by atoms with Crippen molar-refractivity contribution in [2.45, 2.75) is 13.3 Å². The highest BCUT2D eigenvalue weighted by molar-refractivity contribution is 6.34. The van der Waals surface area contributed by atoms with Crippen LogP contribution in [0.2, 0.25) is 10.0 Å². The highest BCUT2D eigenvalue weighted by atomic mass is 35.5. The third kappa shape index (κ3) is 5.22. The first kappa shape index (κ1) is 12.6.